The van der Waals surface area contributed by atoms with Crippen molar-refractivity contribution in [2.24, 2.45) is 0 Å². The number of carbonyl (C=O) groups excluding carboxylic acids is 1. The number of amides is 1. The van der Waals surface area contributed by atoms with E-state index in [0.717, 1.165) is 6.07 Å². The van der Waals surface area contributed by atoms with Crippen LogP contribution >= 0.6 is 0 Å². The van der Waals surface area contributed by atoms with Crippen LogP contribution in [0.3, 0.4) is 0 Å². The van der Waals surface area contributed by atoms with E-state index in [9.17, 15) is 26.4 Å². The Kier molecular flexibility index (Phi) is 6.21. The molecule has 13 heteroatoms. The van der Waals surface area contributed by atoms with Gasteiger partial charge in [-0.1, -0.05) is 6.07 Å². The minimum absolute atomic E-state index is 0.00616. The summed E-state index contributed by atoms with van der Waals surface area (Å²) in [6.07, 6.45) is -1.73. The van der Waals surface area contributed by atoms with E-state index in [2.05, 4.69) is 20.1 Å². The molecule has 0 atom stereocenters. The van der Waals surface area contributed by atoms with Gasteiger partial charge in [-0.3, -0.25) is 19.2 Å². The monoisotopic (exact) mass is 509 g/mol. The average molecular weight is 510 g/mol. The number of nitrogens with one attached hydrogen (secondary N) is 2. The summed E-state index contributed by atoms with van der Waals surface area (Å²) in [4.78, 5) is 15.9. The number of benzene rings is 1. The highest BCUT2D eigenvalue weighted by atomic mass is 32.2. The Morgan fingerprint density at radius 1 is 1.20 bits per heavy atom. The number of pyridine rings is 1. The summed E-state index contributed by atoms with van der Waals surface area (Å²) in [5.74, 6) is -0.448. The van der Waals surface area contributed by atoms with E-state index in [0.29, 0.717) is 18.7 Å². The molecule has 1 aliphatic rings. The number of carbonyl (C=O) groups is 1. The first-order chi connectivity index (χ1) is 16.4. The molecule has 4 rings (SSSR count). The van der Waals surface area contributed by atoms with Gasteiger partial charge in [0.15, 0.2) is 5.69 Å². The first kappa shape index (κ1) is 24.5. The maximum Gasteiger partial charge on any atom is 0.435 e. The fourth-order valence-electron chi connectivity index (χ4n) is 3.68. The van der Waals surface area contributed by atoms with E-state index in [-0.39, 0.29) is 45.0 Å². The lowest BCUT2D eigenvalue weighted by Crippen LogP contribution is -2.32. The second-order valence-electron chi connectivity index (χ2n) is 8.16. The topological polar surface area (TPSA) is 115 Å². The summed E-state index contributed by atoms with van der Waals surface area (Å²) in [7, 11) is -3.10. The number of alkyl halides is 3. The van der Waals surface area contributed by atoms with Crippen LogP contribution < -0.4 is 14.8 Å². The normalized spacial score (nSPS) is 14.0. The number of hydrogen-bond acceptors (Lipinski definition) is 6. The SMILES string of the molecule is COc1ccc(-c2cn(C(C)C)nc2C(F)(F)F)cc1S(=O)(=O)Nc1cnc2c(c1)C(=O)NCC2. The second-order valence-corrected chi connectivity index (χ2v) is 9.81. The Morgan fingerprint density at radius 2 is 1.94 bits per heavy atom. The summed E-state index contributed by atoms with van der Waals surface area (Å²) in [6.45, 7) is 3.79. The molecule has 0 aliphatic carbocycles. The molecule has 1 aromatic carbocycles. The second kappa shape index (κ2) is 8.87. The minimum atomic E-state index is -4.75. The molecule has 0 saturated carbocycles. The first-order valence-electron chi connectivity index (χ1n) is 10.6. The average Bonchev–Trinajstić information content (AvgIpc) is 3.26. The number of methoxy groups -OCH3 is 1. The van der Waals surface area contributed by atoms with Gasteiger partial charge < -0.3 is 10.1 Å². The first-order valence-corrected chi connectivity index (χ1v) is 12.0. The third-order valence-corrected chi connectivity index (χ3v) is 6.81. The van der Waals surface area contributed by atoms with Crippen molar-refractivity contribution in [2.75, 3.05) is 18.4 Å². The molecule has 3 aromatic rings. The number of anilines is 1. The van der Waals surface area contributed by atoms with E-state index in [1.165, 1.54) is 42.4 Å². The van der Waals surface area contributed by atoms with Crippen molar-refractivity contribution >= 4 is 21.6 Å². The maximum absolute atomic E-state index is 13.7. The van der Waals surface area contributed by atoms with Crippen LogP contribution in [-0.4, -0.2) is 42.7 Å². The molecule has 0 bridgehead atoms. The van der Waals surface area contributed by atoms with Crippen LogP contribution in [-0.2, 0) is 22.6 Å². The third kappa shape index (κ3) is 4.81. The number of hydrogen-bond donors (Lipinski definition) is 2. The van der Waals surface area contributed by atoms with Gasteiger partial charge in [-0.05, 0) is 37.6 Å². The standard InChI is InChI=1S/C22H22F3N5O4S/c1-12(2)30-11-16(20(28-30)22(23,24)25)13-4-5-18(34-3)19(8-13)35(32,33)29-14-9-15-17(27-10-14)6-7-26-21(15)31/h4-5,8-12,29H,6-7H2,1-3H3,(H,26,31). The van der Waals surface area contributed by atoms with Crippen molar-refractivity contribution in [3.05, 3.63) is 53.6 Å². The number of sulfonamides is 1. The summed E-state index contributed by atoms with van der Waals surface area (Å²) >= 11 is 0. The van der Waals surface area contributed by atoms with Gasteiger partial charge in [-0.2, -0.15) is 18.3 Å². The van der Waals surface area contributed by atoms with Crippen LogP contribution in [0, 0.1) is 0 Å². The van der Waals surface area contributed by atoms with E-state index in [1.54, 1.807) is 13.8 Å². The fourth-order valence-corrected chi connectivity index (χ4v) is 4.91. The molecule has 0 fully saturated rings. The number of ether oxygens (including phenoxy) is 1. The Labute approximate surface area is 199 Å². The van der Waals surface area contributed by atoms with E-state index in [4.69, 9.17) is 4.74 Å². The van der Waals surface area contributed by atoms with Crippen molar-refractivity contribution in [1.82, 2.24) is 20.1 Å². The number of fused-ring (bicyclic) bond motifs is 1. The predicted octanol–water partition coefficient (Wildman–Crippen LogP) is 3.64. The molecule has 0 radical (unpaired) electrons. The Balaban J connectivity index is 1.78. The van der Waals surface area contributed by atoms with Gasteiger partial charge in [0.2, 0.25) is 0 Å². The zero-order chi connectivity index (χ0) is 25.5. The van der Waals surface area contributed by atoms with Crippen molar-refractivity contribution in [3.8, 4) is 16.9 Å². The van der Waals surface area contributed by atoms with Crippen LogP contribution in [0.25, 0.3) is 11.1 Å². The van der Waals surface area contributed by atoms with Gasteiger partial charge >= 0.3 is 6.18 Å². The highest BCUT2D eigenvalue weighted by Crippen LogP contribution is 2.39. The summed E-state index contributed by atoms with van der Waals surface area (Å²) in [6, 6.07) is 4.71. The summed E-state index contributed by atoms with van der Waals surface area (Å²) in [5.41, 5.74) is -0.591. The molecular formula is C22H22F3N5O4S. The number of nitrogens with zero attached hydrogens (tertiary/aromatic N) is 3. The summed E-state index contributed by atoms with van der Waals surface area (Å²) < 4.78 is 76.2. The van der Waals surface area contributed by atoms with Crippen LogP contribution in [0.5, 0.6) is 5.75 Å². The van der Waals surface area contributed by atoms with E-state index in [1.807, 2.05) is 0 Å². The molecular weight excluding hydrogens is 487 g/mol. The van der Waals surface area contributed by atoms with Gasteiger partial charge in [-0.15, -0.1) is 0 Å². The van der Waals surface area contributed by atoms with Crippen molar-refractivity contribution in [1.29, 1.82) is 0 Å². The van der Waals surface area contributed by atoms with Crippen molar-refractivity contribution in [3.63, 3.8) is 0 Å². The molecule has 186 valence electrons. The van der Waals surface area contributed by atoms with Crippen molar-refractivity contribution in [2.45, 2.75) is 37.4 Å². The molecule has 9 nitrogen and oxygen atoms in total. The zero-order valence-corrected chi connectivity index (χ0v) is 19.8. The summed E-state index contributed by atoms with van der Waals surface area (Å²) in [5, 5.41) is 6.31. The third-order valence-electron chi connectivity index (χ3n) is 5.41. The largest absolute Gasteiger partial charge is 0.495 e. The molecule has 2 N–H and O–H groups in total. The smallest absolute Gasteiger partial charge is 0.435 e. The highest BCUT2D eigenvalue weighted by Gasteiger charge is 2.38. The molecule has 2 aromatic heterocycles. The van der Waals surface area contributed by atoms with Crippen LogP contribution in [0.4, 0.5) is 18.9 Å². The van der Waals surface area contributed by atoms with Gasteiger partial charge in [0.1, 0.15) is 10.6 Å². The van der Waals surface area contributed by atoms with Gasteiger partial charge in [0, 0.05) is 30.8 Å². The Morgan fingerprint density at radius 3 is 2.60 bits per heavy atom. The molecule has 0 unspecified atom stereocenters. The lowest BCUT2D eigenvalue weighted by molar-refractivity contribution is -0.141. The molecule has 0 spiro atoms. The van der Waals surface area contributed by atoms with Crippen LogP contribution in [0.15, 0.2) is 41.6 Å². The molecule has 0 saturated heterocycles. The molecule has 1 aliphatic heterocycles. The van der Waals surface area contributed by atoms with E-state index < -0.39 is 21.9 Å². The number of aromatic nitrogens is 3. The molecule has 3 heterocycles. The van der Waals surface area contributed by atoms with Gasteiger partial charge in [0.05, 0.1) is 30.3 Å². The minimum Gasteiger partial charge on any atom is -0.495 e. The lowest BCUT2D eigenvalue weighted by atomic mass is 10.1. The number of rotatable bonds is 6. The zero-order valence-electron chi connectivity index (χ0n) is 19.0. The van der Waals surface area contributed by atoms with Gasteiger partial charge in [-0.25, -0.2) is 8.42 Å². The molecule has 1 amide bonds. The molecule has 35 heavy (non-hydrogen) atoms. The van der Waals surface area contributed by atoms with E-state index >= 15 is 0 Å². The highest BCUT2D eigenvalue weighted by molar-refractivity contribution is 7.92. The Bertz CT molecular complexity index is 1400. The van der Waals surface area contributed by atoms with Gasteiger partial charge in [0.25, 0.3) is 15.9 Å². The van der Waals surface area contributed by atoms with Crippen LogP contribution in [0.1, 0.15) is 41.6 Å². The quantitative estimate of drug-likeness (QED) is 0.524. The lowest BCUT2D eigenvalue weighted by Gasteiger charge is -2.17. The Hall–Kier alpha value is -3.61. The predicted molar refractivity (Wildman–Crippen MR) is 121 cm³/mol. The van der Waals surface area contributed by atoms with Crippen LogP contribution in [0.2, 0.25) is 0 Å². The fraction of sp³-hybridized carbons (Fsp3) is 0.318. The number of halogens is 3. The van der Waals surface area contributed by atoms with Crippen molar-refractivity contribution < 1.29 is 31.1 Å². The maximum atomic E-state index is 13.7.